The SMILES string of the molecule is CC[CH-]I.COC(=O)c1cccc2cc(O)ccc12.COC(=O)c1cccc2cc(OS(=O)(=O)C(F)(F)F)ccc12.[CH2-]CC.[V].[V]. The minimum absolute atomic E-state index is 0. The van der Waals surface area contributed by atoms with Crippen molar-refractivity contribution in [3.05, 3.63) is 95.3 Å². The number of phenols is 1. The third-order valence-electron chi connectivity index (χ3n) is 5.17. The van der Waals surface area contributed by atoms with E-state index in [0.717, 1.165) is 29.3 Å². The van der Waals surface area contributed by atoms with Crippen LogP contribution in [0, 0.1) is 11.4 Å². The van der Waals surface area contributed by atoms with Crippen molar-refractivity contribution in [1.29, 1.82) is 0 Å². The van der Waals surface area contributed by atoms with E-state index in [9.17, 15) is 36.3 Å². The fourth-order valence-electron chi connectivity index (χ4n) is 3.33. The smallest absolute Gasteiger partial charge is 0.508 e. The quantitative estimate of drug-likeness (QED) is 0.0701. The fraction of sp³-hybridized carbons (Fsp3) is 0.226. The Kier molecular flexibility index (Phi) is 22.1. The van der Waals surface area contributed by atoms with Gasteiger partial charge < -0.3 is 48.3 Å². The monoisotopic (exact) mass is 850 g/mol. The summed E-state index contributed by atoms with van der Waals surface area (Å²) in [4.78, 5) is 23.0. The molecule has 0 heterocycles. The first kappa shape index (κ1) is 45.7. The van der Waals surface area contributed by atoms with Gasteiger partial charge in [0, 0.05) is 37.1 Å². The first-order chi connectivity index (χ1) is 20.7. The van der Waals surface area contributed by atoms with Crippen LogP contribution in [0.1, 0.15) is 47.4 Å². The topological polar surface area (TPSA) is 116 Å². The molecule has 0 saturated heterocycles. The van der Waals surface area contributed by atoms with Crippen LogP contribution in [0.25, 0.3) is 21.5 Å². The molecule has 0 bridgehead atoms. The van der Waals surface area contributed by atoms with Crippen LogP contribution in [0.3, 0.4) is 0 Å². The zero-order valence-corrected chi connectivity index (χ0v) is 31.0. The number of rotatable bonds is 5. The third-order valence-corrected chi connectivity index (χ3v) is 7.03. The van der Waals surface area contributed by atoms with Crippen LogP contribution in [-0.2, 0) is 56.7 Å². The molecule has 15 heteroatoms. The molecule has 250 valence electrons. The van der Waals surface area contributed by atoms with Crippen molar-refractivity contribution in [2.45, 2.75) is 32.2 Å². The van der Waals surface area contributed by atoms with Crippen molar-refractivity contribution in [2.24, 2.45) is 0 Å². The number of carbonyl (C=O) groups is 2. The second kappa shape index (κ2) is 22.2. The summed E-state index contributed by atoms with van der Waals surface area (Å²) in [7, 11) is -3.20. The van der Waals surface area contributed by atoms with Crippen LogP contribution in [0.4, 0.5) is 13.2 Å². The molecule has 0 aliphatic rings. The number of esters is 2. The molecule has 0 aromatic heterocycles. The Labute approximate surface area is 304 Å². The number of aromatic hydroxyl groups is 1. The second-order valence-corrected chi connectivity index (χ2v) is 10.8. The second-order valence-electron chi connectivity index (χ2n) is 8.43. The van der Waals surface area contributed by atoms with Gasteiger partial charge in [-0.2, -0.15) is 34.4 Å². The number of benzene rings is 4. The minimum Gasteiger partial charge on any atom is -0.508 e. The van der Waals surface area contributed by atoms with Gasteiger partial charge in [-0.3, -0.25) is 4.43 Å². The van der Waals surface area contributed by atoms with E-state index in [2.05, 4.69) is 54.5 Å². The summed E-state index contributed by atoms with van der Waals surface area (Å²) in [5.41, 5.74) is -4.81. The maximum atomic E-state index is 12.3. The van der Waals surface area contributed by atoms with Crippen molar-refractivity contribution in [1.82, 2.24) is 0 Å². The van der Waals surface area contributed by atoms with Gasteiger partial charge in [0.15, 0.2) is 0 Å². The van der Waals surface area contributed by atoms with Gasteiger partial charge in [-0.15, -0.1) is 0 Å². The average molecular weight is 850 g/mol. The number of phenolic OH excluding ortho intramolecular Hbond substituents is 1. The van der Waals surface area contributed by atoms with Crippen LogP contribution in [0.2, 0.25) is 0 Å². The van der Waals surface area contributed by atoms with E-state index < -0.39 is 27.3 Å². The summed E-state index contributed by atoms with van der Waals surface area (Å²) < 4.78 is 74.1. The summed E-state index contributed by atoms with van der Waals surface area (Å²) in [5.74, 6) is -1.31. The van der Waals surface area contributed by atoms with Gasteiger partial charge in [-0.1, -0.05) is 38.1 Å². The van der Waals surface area contributed by atoms with Crippen molar-refractivity contribution >= 4 is 66.2 Å². The van der Waals surface area contributed by atoms with E-state index in [4.69, 9.17) is 0 Å². The molecule has 46 heavy (non-hydrogen) atoms. The Bertz CT molecular complexity index is 1650. The number of fused-ring (bicyclic) bond motifs is 2. The standard InChI is InChI=1S/C13H9F3O5S.C12H10O3.C3H6I.C3H7.2V/c1-20-12(17)11-4-2-3-8-7-9(5-6-10(8)11)21-22(18,19)13(14,15)16;1-15-12(14)11-4-2-3-8-7-9(13)5-6-10(8)11;1-2-3-4;1-3-2;;/h2-7H,1H3;2-7,13H,1H3;3H,2H2,1H3;1,3H2,2H3;;/q;;2*-1;;. The number of alkyl halides is 3. The third kappa shape index (κ3) is 13.7. The van der Waals surface area contributed by atoms with E-state index in [0.29, 0.717) is 16.3 Å². The average Bonchev–Trinajstić information content (AvgIpc) is 2.99. The molecular formula is C31H32F3IO8SV2-2. The predicted molar refractivity (Wildman–Crippen MR) is 172 cm³/mol. The molecule has 4 aromatic rings. The molecule has 0 aliphatic heterocycles. The van der Waals surface area contributed by atoms with Gasteiger partial charge in [0.2, 0.25) is 0 Å². The van der Waals surface area contributed by atoms with E-state index in [1.54, 1.807) is 30.3 Å². The van der Waals surface area contributed by atoms with Gasteiger partial charge >= 0.3 is 27.6 Å². The van der Waals surface area contributed by atoms with Crippen molar-refractivity contribution in [3.63, 3.8) is 0 Å². The number of hydrogen-bond acceptors (Lipinski definition) is 8. The molecule has 0 spiro atoms. The predicted octanol–water partition coefficient (Wildman–Crippen LogP) is 8.41. The fourth-order valence-corrected chi connectivity index (χ4v) is 3.79. The van der Waals surface area contributed by atoms with Crippen molar-refractivity contribution < 1.29 is 87.1 Å². The van der Waals surface area contributed by atoms with Crippen molar-refractivity contribution in [2.75, 3.05) is 14.2 Å². The van der Waals surface area contributed by atoms with Gasteiger partial charge in [-0.05, 0) is 70.1 Å². The van der Waals surface area contributed by atoms with E-state index >= 15 is 0 Å². The largest absolute Gasteiger partial charge is 0.534 e. The van der Waals surface area contributed by atoms with Crippen LogP contribution in [0.15, 0.2) is 72.8 Å². The van der Waals surface area contributed by atoms with Gasteiger partial charge in [-0.25, -0.2) is 9.59 Å². The van der Waals surface area contributed by atoms with Gasteiger partial charge in [0.25, 0.3) is 0 Å². The first-order valence-electron chi connectivity index (χ1n) is 12.8. The van der Waals surface area contributed by atoms with Crippen molar-refractivity contribution in [3.8, 4) is 11.5 Å². The number of methoxy groups -OCH3 is 2. The zero-order valence-electron chi connectivity index (χ0n) is 25.2. The maximum absolute atomic E-state index is 12.3. The molecule has 4 rings (SSSR count). The van der Waals surface area contributed by atoms with E-state index in [-0.39, 0.29) is 54.4 Å². The normalized spacial score (nSPS) is 10.2. The minimum atomic E-state index is -5.74. The molecule has 0 saturated carbocycles. The van der Waals surface area contributed by atoms with E-state index in [1.165, 1.54) is 44.9 Å². The number of carbonyl (C=O) groups excluding carboxylic acids is 2. The molecule has 4 aromatic carbocycles. The Morgan fingerprint density at radius 1 is 0.848 bits per heavy atom. The molecule has 0 fully saturated rings. The van der Waals surface area contributed by atoms with Gasteiger partial charge in [0.05, 0.1) is 25.3 Å². The Balaban J connectivity index is 0. The molecular weight excluding hydrogens is 818 g/mol. The van der Waals surface area contributed by atoms with Crippen LogP contribution in [-0.4, -0.2) is 45.2 Å². The Hall–Kier alpha value is -2.42. The molecule has 0 atom stereocenters. The van der Waals surface area contributed by atoms with Crippen LogP contribution < -0.4 is 4.18 Å². The van der Waals surface area contributed by atoms with Crippen LogP contribution >= 0.6 is 22.6 Å². The summed E-state index contributed by atoms with van der Waals surface area (Å²) in [5, 5.41) is 11.6. The molecule has 0 amide bonds. The summed E-state index contributed by atoms with van der Waals surface area (Å²) in [6.07, 6.45) is 2.18. The number of halogens is 4. The number of hydrogen-bond donors (Lipinski definition) is 1. The first-order valence-corrected chi connectivity index (χ1v) is 15.5. The van der Waals surface area contributed by atoms with Gasteiger partial charge in [0.1, 0.15) is 11.5 Å². The Morgan fingerprint density at radius 2 is 1.26 bits per heavy atom. The maximum Gasteiger partial charge on any atom is 0.534 e. The summed E-state index contributed by atoms with van der Waals surface area (Å²) in [6.45, 7) is 7.62. The molecule has 1 N–H and O–H groups in total. The Morgan fingerprint density at radius 3 is 1.65 bits per heavy atom. The molecule has 8 nitrogen and oxygen atoms in total. The number of ether oxygens (including phenoxy) is 2. The zero-order chi connectivity index (χ0) is 33.5. The van der Waals surface area contributed by atoms with E-state index in [1.807, 2.05) is 13.0 Å². The molecule has 0 aliphatic carbocycles. The van der Waals surface area contributed by atoms with Crippen LogP contribution in [0.5, 0.6) is 11.5 Å². The summed E-state index contributed by atoms with van der Waals surface area (Å²) >= 11 is 2.23. The molecule has 2 radical (unpaired) electrons. The molecule has 0 unspecified atom stereocenters. The summed E-state index contributed by atoms with van der Waals surface area (Å²) in [6, 6.07) is 18.0.